The van der Waals surface area contributed by atoms with Gasteiger partial charge in [0.2, 0.25) is 17.7 Å². The van der Waals surface area contributed by atoms with Gasteiger partial charge in [0, 0.05) is 50.2 Å². The molecule has 2 aromatic heterocycles. The van der Waals surface area contributed by atoms with Crippen LogP contribution in [0.15, 0.2) is 36.7 Å². The van der Waals surface area contributed by atoms with E-state index < -0.39 is 0 Å². The SMILES string of the molecule is COc1ccc(C(=O)N2CCC(Oc3ccc(NC(=O)C4CCC4)cn3)CC2)cn1. The Labute approximate surface area is 175 Å². The van der Waals surface area contributed by atoms with Crippen LogP contribution in [-0.4, -0.2) is 53.0 Å². The highest BCUT2D eigenvalue weighted by Gasteiger charge is 2.26. The predicted octanol–water partition coefficient (Wildman–Crippen LogP) is 2.91. The lowest BCUT2D eigenvalue weighted by Crippen LogP contribution is -2.41. The van der Waals surface area contributed by atoms with Crippen molar-refractivity contribution in [3.8, 4) is 11.8 Å². The normalized spacial score (nSPS) is 17.2. The minimum Gasteiger partial charge on any atom is -0.481 e. The molecule has 1 aliphatic carbocycles. The summed E-state index contributed by atoms with van der Waals surface area (Å²) in [4.78, 5) is 34.8. The van der Waals surface area contributed by atoms with Gasteiger partial charge in [-0.1, -0.05) is 6.42 Å². The zero-order chi connectivity index (χ0) is 20.9. The Kier molecular flexibility index (Phi) is 6.11. The van der Waals surface area contributed by atoms with Crippen molar-refractivity contribution < 1.29 is 19.1 Å². The van der Waals surface area contributed by atoms with Crippen LogP contribution in [-0.2, 0) is 4.79 Å². The summed E-state index contributed by atoms with van der Waals surface area (Å²) in [5, 5.41) is 2.90. The van der Waals surface area contributed by atoms with Crippen LogP contribution in [0.3, 0.4) is 0 Å². The molecule has 4 rings (SSSR count). The number of amides is 2. The van der Waals surface area contributed by atoms with Gasteiger partial charge in [0.05, 0.1) is 24.6 Å². The lowest BCUT2D eigenvalue weighted by molar-refractivity contribution is -0.122. The van der Waals surface area contributed by atoms with Crippen LogP contribution in [0, 0.1) is 5.92 Å². The van der Waals surface area contributed by atoms with Crippen molar-refractivity contribution in [2.75, 3.05) is 25.5 Å². The number of nitrogens with one attached hydrogen (secondary N) is 1. The fourth-order valence-corrected chi connectivity index (χ4v) is 3.60. The van der Waals surface area contributed by atoms with E-state index in [1.54, 1.807) is 37.7 Å². The number of nitrogens with zero attached hydrogens (tertiary/aromatic N) is 3. The number of likely N-dealkylation sites (tertiary alicyclic amines) is 1. The Morgan fingerprint density at radius 2 is 1.73 bits per heavy atom. The first-order chi connectivity index (χ1) is 14.6. The monoisotopic (exact) mass is 410 g/mol. The van der Waals surface area contributed by atoms with Crippen LogP contribution in [0.25, 0.3) is 0 Å². The number of carbonyl (C=O) groups excluding carboxylic acids is 2. The number of hydrogen-bond acceptors (Lipinski definition) is 6. The average Bonchev–Trinajstić information content (AvgIpc) is 2.74. The lowest BCUT2D eigenvalue weighted by Gasteiger charge is -2.32. The van der Waals surface area contributed by atoms with E-state index in [2.05, 4.69) is 15.3 Å². The second-order valence-electron chi connectivity index (χ2n) is 7.70. The Morgan fingerprint density at radius 1 is 1.00 bits per heavy atom. The summed E-state index contributed by atoms with van der Waals surface area (Å²) < 4.78 is 11.0. The molecular weight excluding hydrogens is 384 g/mol. The number of rotatable bonds is 6. The summed E-state index contributed by atoms with van der Waals surface area (Å²) >= 11 is 0. The van der Waals surface area contributed by atoms with Gasteiger partial charge in [-0.05, 0) is 25.0 Å². The second kappa shape index (κ2) is 9.11. The number of carbonyl (C=O) groups is 2. The molecule has 0 unspecified atom stereocenters. The smallest absolute Gasteiger partial charge is 0.255 e. The van der Waals surface area contributed by atoms with Crippen molar-refractivity contribution in [3.63, 3.8) is 0 Å². The third-order valence-corrected chi connectivity index (χ3v) is 5.69. The van der Waals surface area contributed by atoms with Crippen molar-refractivity contribution in [3.05, 3.63) is 42.2 Å². The highest BCUT2D eigenvalue weighted by molar-refractivity contribution is 5.94. The summed E-state index contributed by atoms with van der Waals surface area (Å²) in [6.45, 7) is 1.23. The molecule has 8 heteroatoms. The standard InChI is InChI=1S/C22H26N4O4/c1-29-19-7-5-16(13-23-19)22(28)26-11-9-18(10-12-26)30-20-8-6-17(14-24-20)25-21(27)15-3-2-4-15/h5-8,13-15,18H,2-4,9-12H2,1H3,(H,25,27). The van der Waals surface area contributed by atoms with Gasteiger partial charge < -0.3 is 19.7 Å². The Balaban J connectivity index is 1.25. The zero-order valence-electron chi connectivity index (χ0n) is 17.0. The van der Waals surface area contributed by atoms with E-state index >= 15 is 0 Å². The Morgan fingerprint density at radius 3 is 2.30 bits per heavy atom. The van der Waals surface area contributed by atoms with Gasteiger partial charge in [0.25, 0.3) is 5.91 Å². The molecule has 158 valence electrons. The second-order valence-corrected chi connectivity index (χ2v) is 7.70. The first kappa shape index (κ1) is 20.1. The number of pyridine rings is 2. The van der Waals surface area contributed by atoms with Gasteiger partial charge in [0.15, 0.2) is 0 Å². The van der Waals surface area contributed by atoms with Crippen LogP contribution in [0.4, 0.5) is 5.69 Å². The minimum absolute atomic E-state index is 0.00552. The highest BCUT2D eigenvalue weighted by Crippen LogP contribution is 2.28. The van der Waals surface area contributed by atoms with Crippen LogP contribution < -0.4 is 14.8 Å². The van der Waals surface area contributed by atoms with Crippen LogP contribution in [0.2, 0.25) is 0 Å². The third-order valence-electron chi connectivity index (χ3n) is 5.69. The molecule has 1 saturated carbocycles. The van der Waals surface area contributed by atoms with Gasteiger partial charge in [-0.2, -0.15) is 0 Å². The van der Waals surface area contributed by atoms with E-state index in [0.717, 1.165) is 32.1 Å². The summed E-state index contributed by atoms with van der Waals surface area (Å²) in [6.07, 6.45) is 7.71. The van der Waals surface area contributed by atoms with Crippen molar-refractivity contribution in [1.82, 2.24) is 14.9 Å². The lowest BCUT2D eigenvalue weighted by atomic mass is 9.85. The molecule has 2 amide bonds. The number of anilines is 1. The Hall–Kier alpha value is -3.16. The summed E-state index contributed by atoms with van der Waals surface area (Å²) in [7, 11) is 1.54. The maximum atomic E-state index is 12.6. The van der Waals surface area contributed by atoms with Crippen molar-refractivity contribution in [2.45, 2.75) is 38.2 Å². The van der Waals surface area contributed by atoms with Gasteiger partial charge in [-0.25, -0.2) is 9.97 Å². The summed E-state index contributed by atoms with van der Waals surface area (Å²) in [5.41, 5.74) is 1.24. The van der Waals surface area contributed by atoms with Gasteiger partial charge in [-0.3, -0.25) is 9.59 Å². The van der Waals surface area contributed by atoms with E-state index in [1.165, 1.54) is 0 Å². The van der Waals surface area contributed by atoms with Gasteiger partial charge in [-0.15, -0.1) is 0 Å². The van der Waals surface area contributed by atoms with Crippen LogP contribution >= 0.6 is 0 Å². The number of methoxy groups -OCH3 is 1. The molecule has 2 fully saturated rings. The molecule has 1 saturated heterocycles. The molecule has 3 heterocycles. The van der Waals surface area contributed by atoms with Gasteiger partial charge in [0.1, 0.15) is 6.10 Å². The minimum atomic E-state index is -0.0340. The Bertz CT molecular complexity index is 873. The maximum Gasteiger partial charge on any atom is 0.255 e. The number of ether oxygens (including phenoxy) is 2. The summed E-state index contributed by atoms with van der Waals surface area (Å²) in [5.74, 6) is 1.19. The average molecular weight is 410 g/mol. The molecular formula is C22H26N4O4. The van der Waals surface area contributed by atoms with Gasteiger partial charge >= 0.3 is 0 Å². The molecule has 0 bridgehead atoms. The fraction of sp³-hybridized carbons (Fsp3) is 0.455. The van der Waals surface area contributed by atoms with Crippen molar-refractivity contribution in [2.24, 2.45) is 5.92 Å². The quantitative estimate of drug-likeness (QED) is 0.787. The number of aromatic nitrogens is 2. The van der Waals surface area contributed by atoms with Crippen LogP contribution in [0.5, 0.6) is 11.8 Å². The van der Waals surface area contributed by atoms with E-state index in [4.69, 9.17) is 9.47 Å². The number of piperidine rings is 1. The molecule has 2 aliphatic rings. The maximum absolute atomic E-state index is 12.6. The molecule has 30 heavy (non-hydrogen) atoms. The molecule has 1 aliphatic heterocycles. The van der Waals surface area contributed by atoms with Crippen LogP contribution in [0.1, 0.15) is 42.5 Å². The molecule has 8 nitrogen and oxygen atoms in total. The predicted molar refractivity (Wildman–Crippen MR) is 111 cm³/mol. The molecule has 0 aromatic carbocycles. The molecule has 0 spiro atoms. The zero-order valence-corrected chi connectivity index (χ0v) is 17.0. The summed E-state index contributed by atoms with van der Waals surface area (Å²) in [6, 6.07) is 7.00. The molecule has 0 radical (unpaired) electrons. The van der Waals surface area contributed by atoms with Crippen molar-refractivity contribution in [1.29, 1.82) is 0 Å². The van der Waals surface area contributed by atoms with E-state index in [0.29, 0.717) is 36.1 Å². The topological polar surface area (TPSA) is 93.7 Å². The van der Waals surface area contributed by atoms with Crippen molar-refractivity contribution >= 4 is 17.5 Å². The molecule has 0 atom stereocenters. The highest BCUT2D eigenvalue weighted by atomic mass is 16.5. The first-order valence-electron chi connectivity index (χ1n) is 10.4. The van der Waals surface area contributed by atoms with E-state index in [9.17, 15) is 9.59 Å². The third kappa shape index (κ3) is 4.69. The number of hydrogen-bond donors (Lipinski definition) is 1. The fourth-order valence-electron chi connectivity index (χ4n) is 3.60. The molecule has 2 aromatic rings. The first-order valence-corrected chi connectivity index (χ1v) is 10.4. The largest absolute Gasteiger partial charge is 0.481 e. The molecule has 1 N–H and O–H groups in total. The van der Waals surface area contributed by atoms with E-state index in [-0.39, 0.29) is 23.8 Å². The van der Waals surface area contributed by atoms with E-state index in [1.807, 2.05) is 11.0 Å².